The van der Waals surface area contributed by atoms with Crippen molar-refractivity contribution >= 4 is 5.82 Å². The first kappa shape index (κ1) is 9.46. The van der Waals surface area contributed by atoms with Gasteiger partial charge in [-0.15, -0.1) is 0 Å². The minimum Gasteiger partial charge on any atom is -0.366 e. The summed E-state index contributed by atoms with van der Waals surface area (Å²) < 4.78 is 0. The standard InChI is InChI=1S/C11H17N3/c12-9-5-1-2-6-10(9)14-11-7-3-4-8-13-11/h3-4,7-10H,1-2,5-6,12H2,(H,13,14)/t9-,10+/m0/s1. The number of anilines is 1. The third kappa shape index (κ3) is 2.23. The van der Waals surface area contributed by atoms with Crippen molar-refractivity contribution in [2.24, 2.45) is 5.73 Å². The van der Waals surface area contributed by atoms with E-state index >= 15 is 0 Å². The van der Waals surface area contributed by atoms with Crippen molar-refractivity contribution < 1.29 is 0 Å². The van der Waals surface area contributed by atoms with E-state index in [0.29, 0.717) is 6.04 Å². The Morgan fingerprint density at radius 3 is 2.86 bits per heavy atom. The highest BCUT2D eigenvalue weighted by Crippen LogP contribution is 2.19. The number of hydrogen-bond donors (Lipinski definition) is 2. The highest BCUT2D eigenvalue weighted by Gasteiger charge is 2.21. The van der Waals surface area contributed by atoms with Gasteiger partial charge >= 0.3 is 0 Å². The van der Waals surface area contributed by atoms with Gasteiger partial charge in [0.1, 0.15) is 5.82 Å². The van der Waals surface area contributed by atoms with Gasteiger partial charge in [-0.2, -0.15) is 0 Å². The number of nitrogens with one attached hydrogen (secondary N) is 1. The lowest BCUT2D eigenvalue weighted by Gasteiger charge is -2.29. The SMILES string of the molecule is N[C@H]1CCCC[C@H]1Nc1ccccn1. The number of nitrogens with two attached hydrogens (primary N) is 1. The summed E-state index contributed by atoms with van der Waals surface area (Å²) in [5.74, 6) is 0.940. The summed E-state index contributed by atoms with van der Waals surface area (Å²) >= 11 is 0. The number of aromatic nitrogens is 1. The molecule has 1 aliphatic carbocycles. The highest BCUT2D eigenvalue weighted by atomic mass is 15.0. The summed E-state index contributed by atoms with van der Waals surface area (Å²) in [7, 11) is 0. The Bertz CT molecular complexity index is 273. The first-order chi connectivity index (χ1) is 6.86. The molecule has 76 valence electrons. The van der Waals surface area contributed by atoms with Crippen molar-refractivity contribution in [1.29, 1.82) is 0 Å². The Morgan fingerprint density at radius 1 is 1.29 bits per heavy atom. The van der Waals surface area contributed by atoms with Gasteiger partial charge in [-0.3, -0.25) is 0 Å². The molecule has 0 aliphatic heterocycles. The van der Waals surface area contributed by atoms with E-state index in [4.69, 9.17) is 5.73 Å². The molecule has 0 spiro atoms. The van der Waals surface area contributed by atoms with E-state index in [-0.39, 0.29) is 6.04 Å². The van der Waals surface area contributed by atoms with E-state index in [0.717, 1.165) is 18.7 Å². The van der Waals surface area contributed by atoms with Crippen LogP contribution >= 0.6 is 0 Å². The topological polar surface area (TPSA) is 50.9 Å². The Kier molecular flexibility index (Phi) is 2.99. The molecule has 0 amide bonds. The number of pyridine rings is 1. The van der Waals surface area contributed by atoms with Crippen molar-refractivity contribution in [1.82, 2.24) is 4.98 Å². The molecule has 0 aromatic carbocycles. The van der Waals surface area contributed by atoms with Gasteiger partial charge in [0, 0.05) is 18.3 Å². The molecule has 14 heavy (non-hydrogen) atoms. The fraction of sp³-hybridized carbons (Fsp3) is 0.545. The third-order valence-electron chi connectivity index (χ3n) is 2.82. The molecule has 0 saturated heterocycles. The molecule has 1 aromatic heterocycles. The van der Waals surface area contributed by atoms with Crippen LogP contribution < -0.4 is 11.1 Å². The molecule has 0 bridgehead atoms. The second-order valence-electron chi connectivity index (χ2n) is 3.91. The fourth-order valence-electron chi connectivity index (χ4n) is 1.98. The molecule has 1 heterocycles. The molecule has 0 radical (unpaired) electrons. The first-order valence-corrected chi connectivity index (χ1v) is 5.29. The maximum Gasteiger partial charge on any atom is 0.126 e. The van der Waals surface area contributed by atoms with Crippen LogP contribution in [0.15, 0.2) is 24.4 Å². The molecular weight excluding hydrogens is 174 g/mol. The van der Waals surface area contributed by atoms with Gasteiger partial charge in [0.05, 0.1) is 0 Å². The molecule has 0 unspecified atom stereocenters. The Labute approximate surface area is 84.7 Å². The van der Waals surface area contributed by atoms with E-state index in [2.05, 4.69) is 10.3 Å². The van der Waals surface area contributed by atoms with Gasteiger partial charge in [0.25, 0.3) is 0 Å². The van der Waals surface area contributed by atoms with Gasteiger partial charge in [-0.05, 0) is 25.0 Å². The predicted octanol–water partition coefficient (Wildman–Crippen LogP) is 1.76. The molecular formula is C11H17N3. The van der Waals surface area contributed by atoms with Crippen molar-refractivity contribution in [3.8, 4) is 0 Å². The highest BCUT2D eigenvalue weighted by molar-refractivity contribution is 5.35. The van der Waals surface area contributed by atoms with E-state index in [9.17, 15) is 0 Å². The average Bonchev–Trinajstić information content (AvgIpc) is 2.23. The molecule has 3 nitrogen and oxygen atoms in total. The Hall–Kier alpha value is -1.09. The summed E-state index contributed by atoms with van der Waals surface area (Å²) in [4.78, 5) is 4.24. The predicted molar refractivity (Wildman–Crippen MR) is 58.1 cm³/mol. The van der Waals surface area contributed by atoms with Crippen molar-refractivity contribution in [3.05, 3.63) is 24.4 Å². The molecule has 1 aliphatic rings. The normalized spacial score (nSPS) is 27.2. The lowest BCUT2D eigenvalue weighted by atomic mass is 9.91. The Morgan fingerprint density at radius 2 is 2.14 bits per heavy atom. The van der Waals surface area contributed by atoms with E-state index < -0.39 is 0 Å². The van der Waals surface area contributed by atoms with Crippen LogP contribution in [0.4, 0.5) is 5.82 Å². The summed E-state index contributed by atoms with van der Waals surface area (Å²) in [6.45, 7) is 0. The smallest absolute Gasteiger partial charge is 0.126 e. The van der Waals surface area contributed by atoms with Gasteiger partial charge in [-0.1, -0.05) is 18.9 Å². The maximum atomic E-state index is 6.04. The molecule has 1 fully saturated rings. The minimum atomic E-state index is 0.283. The summed E-state index contributed by atoms with van der Waals surface area (Å²) in [6, 6.07) is 6.58. The average molecular weight is 191 g/mol. The fourth-order valence-corrected chi connectivity index (χ4v) is 1.98. The summed E-state index contributed by atoms with van der Waals surface area (Å²) in [6.07, 6.45) is 6.64. The van der Waals surface area contributed by atoms with Crippen molar-refractivity contribution in [2.75, 3.05) is 5.32 Å². The van der Waals surface area contributed by atoms with Crippen LogP contribution in [-0.4, -0.2) is 17.1 Å². The maximum absolute atomic E-state index is 6.04. The first-order valence-electron chi connectivity index (χ1n) is 5.29. The van der Waals surface area contributed by atoms with Crippen LogP contribution in [0, 0.1) is 0 Å². The number of nitrogens with zero attached hydrogens (tertiary/aromatic N) is 1. The molecule has 1 saturated carbocycles. The zero-order valence-electron chi connectivity index (χ0n) is 8.32. The van der Waals surface area contributed by atoms with Crippen LogP contribution in [0.1, 0.15) is 25.7 Å². The summed E-state index contributed by atoms with van der Waals surface area (Å²) in [5, 5.41) is 3.39. The van der Waals surface area contributed by atoms with Gasteiger partial charge in [0.15, 0.2) is 0 Å². The van der Waals surface area contributed by atoms with Crippen molar-refractivity contribution in [2.45, 2.75) is 37.8 Å². The third-order valence-corrected chi connectivity index (χ3v) is 2.82. The second-order valence-corrected chi connectivity index (χ2v) is 3.91. The molecule has 2 rings (SSSR count). The van der Waals surface area contributed by atoms with Crippen LogP contribution in [0.3, 0.4) is 0 Å². The minimum absolute atomic E-state index is 0.283. The lowest BCUT2D eigenvalue weighted by molar-refractivity contribution is 0.403. The molecule has 3 heteroatoms. The lowest BCUT2D eigenvalue weighted by Crippen LogP contribution is -2.42. The van der Waals surface area contributed by atoms with E-state index in [1.54, 1.807) is 6.20 Å². The molecule has 2 atom stereocenters. The largest absolute Gasteiger partial charge is 0.366 e. The number of hydrogen-bond acceptors (Lipinski definition) is 3. The van der Waals surface area contributed by atoms with Gasteiger partial charge in [0.2, 0.25) is 0 Å². The van der Waals surface area contributed by atoms with E-state index in [1.807, 2.05) is 18.2 Å². The number of rotatable bonds is 2. The van der Waals surface area contributed by atoms with Gasteiger partial charge in [-0.25, -0.2) is 4.98 Å². The quantitative estimate of drug-likeness (QED) is 0.749. The van der Waals surface area contributed by atoms with Crippen molar-refractivity contribution in [3.63, 3.8) is 0 Å². The van der Waals surface area contributed by atoms with Gasteiger partial charge < -0.3 is 11.1 Å². The molecule has 3 N–H and O–H groups in total. The van der Waals surface area contributed by atoms with E-state index in [1.165, 1.54) is 12.8 Å². The van der Waals surface area contributed by atoms with Crippen LogP contribution in [0.25, 0.3) is 0 Å². The zero-order valence-corrected chi connectivity index (χ0v) is 8.32. The van der Waals surface area contributed by atoms with Crippen LogP contribution in [0.5, 0.6) is 0 Å². The molecule has 1 aromatic rings. The monoisotopic (exact) mass is 191 g/mol. The van der Waals surface area contributed by atoms with Crippen LogP contribution in [0.2, 0.25) is 0 Å². The Balaban J connectivity index is 1.96. The summed E-state index contributed by atoms with van der Waals surface area (Å²) in [5.41, 5.74) is 6.04. The van der Waals surface area contributed by atoms with Crippen LogP contribution in [-0.2, 0) is 0 Å². The second kappa shape index (κ2) is 4.42. The zero-order chi connectivity index (χ0) is 9.80.